The largest absolute Gasteiger partial charge is 0.573 e. The quantitative estimate of drug-likeness (QED) is 0.646. The number of carbonyl (C=O) groups is 1. The third kappa shape index (κ3) is 6.14. The van der Waals surface area contributed by atoms with Gasteiger partial charge in [-0.05, 0) is 49.6 Å². The molecule has 0 aromatic heterocycles. The number of benzene rings is 2. The molecule has 0 radical (unpaired) electrons. The van der Waals surface area contributed by atoms with E-state index in [-0.39, 0.29) is 35.9 Å². The number of amides is 1. The van der Waals surface area contributed by atoms with Gasteiger partial charge in [0.15, 0.2) is 0 Å². The van der Waals surface area contributed by atoms with Crippen molar-refractivity contribution in [1.82, 2.24) is 9.62 Å². The molecule has 2 aromatic rings. The predicted molar refractivity (Wildman–Crippen MR) is 113 cm³/mol. The fourth-order valence-corrected chi connectivity index (χ4v) is 5.23. The summed E-state index contributed by atoms with van der Waals surface area (Å²) < 4.78 is 68.0. The van der Waals surface area contributed by atoms with Crippen LogP contribution in [0, 0.1) is 5.92 Å². The molecule has 0 saturated carbocycles. The average molecular weight is 491 g/mol. The van der Waals surface area contributed by atoms with E-state index < -0.39 is 22.1 Å². The van der Waals surface area contributed by atoms with Crippen LogP contribution in [0.4, 0.5) is 13.2 Å². The SMILES string of the molecule is CC(NC(=O)C1CCN(S(=O)(=O)c2cccc(OC(F)(F)F)c2)CC1)c1cccc(Cl)c1. The molecule has 1 unspecified atom stereocenters. The minimum Gasteiger partial charge on any atom is -0.406 e. The molecule has 1 fully saturated rings. The van der Waals surface area contributed by atoms with Crippen LogP contribution in [0.25, 0.3) is 0 Å². The highest BCUT2D eigenvalue weighted by Crippen LogP contribution is 2.29. The number of nitrogens with one attached hydrogen (secondary N) is 1. The van der Waals surface area contributed by atoms with E-state index in [0.29, 0.717) is 17.9 Å². The smallest absolute Gasteiger partial charge is 0.406 e. The number of rotatable bonds is 6. The number of alkyl halides is 3. The van der Waals surface area contributed by atoms with Crippen LogP contribution >= 0.6 is 11.6 Å². The van der Waals surface area contributed by atoms with E-state index in [0.717, 1.165) is 17.7 Å². The van der Waals surface area contributed by atoms with Crippen molar-refractivity contribution >= 4 is 27.5 Å². The minimum atomic E-state index is -4.92. The van der Waals surface area contributed by atoms with Crippen molar-refractivity contribution in [3.63, 3.8) is 0 Å². The van der Waals surface area contributed by atoms with Gasteiger partial charge in [0.1, 0.15) is 5.75 Å². The second-order valence-electron chi connectivity index (χ2n) is 7.49. The predicted octanol–water partition coefficient (Wildman–Crippen LogP) is 4.52. The zero-order chi connectivity index (χ0) is 23.5. The minimum absolute atomic E-state index is 0.0797. The van der Waals surface area contributed by atoms with Gasteiger partial charge in [0, 0.05) is 30.1 Å². The maximum Gasteiger partial charge on any atom is 0.573 e. The number of nitrogens with zero attached hydrogens (tertiary/aromatic N) is 1. The highest BCUT2D eigenvalue weighted by atomic mass is 35.5. The summed E-state index contributed by atoms with van der Waals surface area (Å²) in [5, 5.41) is 3.48. The molecule has 11 heteroatoms. The molecule has 1 aliphatic heterocycles. The van der Waals surface area contributed by atoms with Gasteiger partial charge < -0.3 is 10.1 Å². The monoisotopic (exact) mass is 490 g/mol. The zero-order valence-electron chi connectivity index (χ0n) is 17.1. The summed E-state index contributed by atoms with van der Waals surface area (Å²) in [6, 6.07) is 11.1. The summed E-state index contributed by atoms with van der Waals surface area (Å²) in [6.07, 6.45) is -4.32. The number of halogens is 4. The first kappa shape index (κ1) is 24.3. The Bertz CT molecular complexity index is 1070. The maximum atomic E-state index is 12.9. The van der Waals surface area contributed by atoms with E-state index in [1.165, 1.54) is 16.4 Å². The molecule has 2 aromatic carbocycles. The lowest BCUT2D eigenvalue weighted by Crippen LogP contribution is -2.43. The van der Waals surface area contributed by atoms with E-state index in [9.17, 15) is 26.4 Å². The van der Waals surface area contributed by atoms with Crippen molar-refractivity contribution in [3.05, 3.63) is 59.1 Å². The van der Waals surface area contributed by atoms with Gasteiger partial charge >= 0.3 is 6.36 Å². The molecule has 6 nitrogen and oxygen atoms in total. The van der Waals surface area contributed by atoms with Gasteiger partial charge in [-0.3, -0.25) is 4.79 Å². The fraction of sp³-hybridized carbons (Fsp3) is 0.381. The molecule has 32 heavy (non-hydrogen) atoms. The maximum absolute atomic E-state index is 12.9. The fourth-order valence-electron chi connectivity index (χ4n) is 3.53. The summed E-state index contributed by atoms with van der Waals surface area (Å²) in [5.74, 6) is -1.17. The second kappa shape index (κ2) is 9.68. The first-order valence-electron chi connectivity index (χ1n) is 9.87. The first-order chi connectivity index (χ1) is 15.0. The van der Waals surface area contributed by atoms with Crippen molar-refractivity contribution in [2.75, 3.05) is 13.1 Å². The average Bonchev–Trinajstić information content (AvgIpc) is 2.72. The van der Waals surface area contributed by atoms with Gasteiger partial charge in [-0.15, -0.1) is 13.2 Å². The Kier molecular flexibility index (Phi) is 7.36. The lowest BCUT2D eigenvalue weighted by molar-refractivity contribution is -0.274. The molecule has 3 rings (SSSR count). The molecule has 0 bridgehead atoms. The molecule has 1 amide bonds. The molecular formula is C21H22ClF3N2O4S. The summed E-state index contributed by atoms with van der Waals surface area (Å²) in [6.45, 7) is 1.99. The van der Waals surface area contributed by atoms with Gasteiger partial charge in [0.25, 0.3) is 0 Å². The third-order valence-corrected chi connectivity index (χ3v) is 7.34. The van der Waals surface area contributed by atoms with Crippen LogP contribution in [0.5, 0.6) is 5.75 Å². The van der Waals surface area contributed by atoms with E-state index in [1.807, 2.05) is 13.0 Å². The molecule has 174 valence electrons. The van der Waals surface area contributed by atoms with Gasteiger partial charge in [-0.25, -0.2) is 8.42 Å². The Morgan fingerprint density at radius 2 is 1.81 bits per heavy atom. The summed E-state index contributed by atoms with van der Waals surface area (Å²) in [7, 11) is -4.02. The van der Waals surface area contributed by atoms with E-state index in [1.54, 1.807) is 18.2 Å². The van der Waals surface area contributed by atoms with Crippen LogP contribution in [0.2, 0.25) is 5.02 Å². The summed E-state index contributed by atoms with van der Waals surface area (Å²) in [4.78, 5) is 12.3. The molecule has 0 aliphatic carbocycles. The second-order valence-corrected chi connectivity index (χ2v) is 9.86. The number of hydrogen-bond donors (Lipinski definition) is 1. The number of piperidine rings is 1. The van der Waals surface area contributed by atoms with Gasteiger partial charge in [-0.2, -0.15) is 4.31 Å². The van der Waals surface area contributed by atoms with Crippen LogP contribution in [0.1, 0.15) is 31.4 Å². The Labute approximate surface area is 189 Å². The van der Waals surface area contributed by atoms with Crippen LogP contribution in [-0.2, 0) is 14.8 Å². The molecule has 1 atom stereocenters. The topological polar surface area (TPSA) is 75.7 Å². The lowest BCUT2D eigenvalue weighted by Gasteiger charge is -2.31. The normalized spacial score (nSPS) is 17.0. The van der Waals surface area contributed by atoms with Gasteiger partial charge in [0.05, 0.1) is 10.9 Å². The Balaban J connectivity index is 1.61. The lowest BCUT2D eigenvalue weighted by atomic mass is 9.96. The van der Waals surface area contributed by atoms with Crippen LogP contribution in [0.15, 0.2) is 53.4 Å². The van der Waals surface area contributed by atoms with Crippen molar-refractivity contribution in [3.8, 4) is 5.75 Å². The van der Waals surface area contributed by atoms with Gasteiger partial charge in [-0.1, -0.05) is 29.8 Å². The zero-order valence-corrected chi connectivity index (χ0v) is 18.7. The van der Waals surface area contributed by atoms with Crippen LogP contribution in [0.3, 0.4) is 0 Å². The van der Waals surface area contributed by atoms with E-state index in [4.69, 9.17) is 11.6 Å². The molecule has 1 N–H and O–H groups in total. The summed E-state index contributed by atoms with van der Waals surface area (Å²) in [5.41, 5.74) is 0.854. The Morgan fingerprint density at radius 1 is 1.16 bits per heavy atom. The molecule has 1 aliphatic rings. The number of hydrogen-bond acceptors (Lipinski definition) is 4. The highest BCUT2D eigenvalue weighted by molar-refractivity contribution is 7.89. The van der Waals surface area contributed by atoms with Crippen molar-refractivity contribution in [2.45, 2.75) is 37.1 Å². The molecule has 1 saturated heterocycles. The standard InChI is InChI=1S/C21H22ClF3N2O4S/c1-14(16-4-2-5-17(22)12-16)26-20(28)15-8-10-27(11-9-15)32(29,30)19-7-3-6-18(13-19)31-21(23,24)25/h2-7,12-15H,8-11H2,1H3,(H,26,28). The van der Waals surface area contributed by atoms with Crippen LogP contribution < -0.4 is 10.1 Å². The molecule has 0 spiro atoms. The number of carbonyl (C=O) groups excluding carboxylic acids is 1. The third-order valence-electron chi connectivity index (χ3n) is 5.21. The van der Waals surface area contributed by atoms with Gasteiger partial charge in [0.2, 0.25) is 15.9 Å². The molecule has 1 heterocycles. The van der Waals surface area contributed by atoms with E-state index >= 15 is 0 Å². The van der Waals surface area contributed by atoms with Crippen molar-refractivity contribution in [2.24, 2.45) is 5.92 Å². The summed E-state index contributed by atoms with van der Waals surface area (Å²) >= 11 is 5.99. The molecular weight excluding hydrogens is 469 g/mol. The highest BCUT2D eigenvalue weighted by Gasteiger charge is 2.34. The van der Waals surface area contributed by atoms with Crippen molar-refractivity contribution < 1.29 is 31.1 Å². The first-order valence-corrected chi connectivity index (χ1v) is 11.7. The number of sulfonamides is 1. The number of ether oxygens (including phenoxy) is 1. The Morgan fingerprint density at radius 3 is 2.44 bits per heavy atom. The Hall–Kier alpha value is -2.30. The van der Waals surface area contributed by atoms with Crippen molar-refractivity contribution in [1.29, 1.82) is 0 Å². The van der Waals surface area contributed by atoms with Crippen LogP contribution in [-0.4, -0.2) is 38.1 Å². The van der Waals surface area contributed by atoms with E-state index in [2.05, 4.69) is 10.1 Å².